The van der Waals surface area contributed by atoms with E-state index in [2.05, 4.69) is 15.6 Å². The predicted octanol–water partition coefficient (Wildman–Crippen LogP) is 4.04. The molecule has 1 amide bonds. The average molecular weight is 432 g/mol. The maximum Gasteiger partial charge on any atom is 0.270 e. The van der Waals surface area contributed by atoms with Gasteiger partial charge in [0.2, 0.25) is 0 Å². The van der Waals surface area contributed by atoms with Crippen LogP contribution in [-0.4, -0.2) is 36.9 Å². The Labute approximate surface area is 184 Å². The fourth-order valence-corrected chi connectivity index (χ4v) is 4.08. The van der Waals surface area contributed by atoms with Crippen LogP contribution in [0.15, 0.2) is 78.2 Å². The van der Waals surface area contributed by atoms with Crippen LogP contribution in [0.5, 0.6) is 0 Å². The molecule has 0 radical (unpaired) electrons. The molecular weight excluding hydrogens is 410 g/mol. The second-order valence-electron chi connectivity index (χ2n) is 6.96. The topological polar surface area (TPSA) is 81.8 Å². The number of aromatic nitrogens is 4. The van der Waals surface area contributed by atoms with Crippen molar-refractivity contribution in [1.82, 2.24) is 19.4 Å². The number of thioether (sulfide) groups is 1. The van der Waals surface area contributed by atoms with Crippen molar-refractivity contribution in [2.45, 2.75) is 19.0 Å². The number of hydrogen-bond donors (Lipinski definition) is 1. The molecule has 156 valence electrons. The first-order valence-electron chi connectivity index (χ1n) is 9.71. The van der Waals surface area contributed by atoms with Gasteiger partial charge in [0.05, 0.1) is 5.75 Å². The van der Waals surface area contributed by atoms with E-state index in [9.17, 15) is 9.59 Å². The van der Waals surface area contributed by atoms with Gasteiger partial charge in [-0.15, -0.1) is 10.2 Å². The lowest BCUT2D eigenvalue weighted by Gasteiger charge is -2.11. The highest BCUT2D eigenvalue weighted by atomic mass is 32.2. The predicted molar refractivity (Wildman–Crippen MR) is 120 cm³/mol. The third-order valence-corrected chi connectivity index (χ3v) is 5.81. The highest BCUT2D eigenvalue weighted by Gasteiger charge is 2.19. The summed E-state index contributed by atoms with van der Waals surface area (Å²) >= 11 is 1.33. The molecule has 2 aromatic heterocycles. The van der Waals surface area contributed by atoms with Gasteiger partial charge in [-0.05, 0) is 44.2 Å². The molecule has 31 heavy (non-hydrogen) atoms. The van der Waals surface area contributed by atoms with Crippen molar-refractivity contribution in [3.8, 4) is 5.69 Å². The molecule has 8 heteroatoms. The van der Waals surface area contributed by atoms with E-state index in [4.69, 9.17) is 0 Å². The Hall–Kier alpha value is -3.65. The zero-order valence-electron chi connectivity index (χ0n) is 17.1. The normalized spacial score (nSPS) is 10.8. The maximum atomic E-state index is 12.9. The first kappa shape index (κ1) is 20.6. The molecule has 0 unspecified atom stereocenters. The molecule has 0 fully saturated rings. The van der Waals surface area contributed by atoms with Crippen LogP contribution in [0.1, 0.15) is 32.1 Å². The second kappa shape index (κ2) is 9.01. The Bertz CT molecular complexity index is 1220. The van der Waals surface area contributed by atoms with Gasteiger partial charge >= 0.3 is 0 Å². The van der Waals surface area contributed by atoms with E-state index in [1.165, 1.54) is 11.8 Å². The molecule has 4 rings (SSSR count). The van der Waals surface area contributed by atoms with E-state index < -0.39 is 0 Å². The Kier molecular flexibility index (Phi) is 5.99. The monoisotopic (exact) mass is 431 g/mol. The minimum atomic E-state index is -0.230. The molecule has 0 atom stereocenters. The number of amides is 1. The summed E-state index contributed by atoms with van der Waals surface area (Å²) in [5.74, 6) is -0.0599. The molecular formula is C23H21N5O2S. The number of benzene rings is 2. The van der Waals surface area contributed by atoms with E-state index in [0.29, 0.717) is 22.0 Å². The molecule has 4 aromatic rings. The Morgan fingerprint density at radius 2 is 1.68 bits per heavy atom. The van der Waals surface area contributed by atoms with Crippen LogP contribution in [0, 0.1) is 13.8 Å². The summed E-state index contributed by atoms with van der Waals surface area (Å²) in [7, 11) is 0. The van der Waals surface area contributed by atoms with Gasteiger partial charge in [-0.3, -0.25) is 24.3 Å². The maximum absolute atomic E-state index is 12.9. The van der Waals surface area contributed by atoms with Crippen molar-refractivity contribution in [2.75, 3.05) is 11.2 Å². The molecule has 0 aliphatic heterocycles. The zero-order chi connectivity index (χ0) is 21.8. The number of ketones is 1. The van der Waals surface area contributed by atoms with Crippen molar-refractivity contribution in [3.63, 3.8) is 0 Å². The summed E-state index contributed by atoms with van der Waals surface area (Å²) in [5.41, 5.74) is 6.40. The molecule has 0 spiro atoms. The van der Waals surface area contributed by atoms with Crippen LogP contribution < -0.4 is 5.43 Å². The number of para-hydroxylation sites is 1. The molecule has 2 aromatic carbocycles. The van der Waals surface area contributed by atoms with Crippen LogP contribution >= 0.6 is 11.8 Å². The summed E-state index contributed by atoms with van der Waals surface area (Å²) in [6.45, 7) is 3.68. The van der Waals surface area contributed by atoms with E-state index >= 15 is 0 Å². The van der Waals surface area contributed by atoms with Gasteiger partial charge in [-0.2, -0.15) is 0 Å². The summed E-state index contributed by atoms with van der Waals surface area (Å²) in [6.07, 6.45) is 1.63. The molecule has 0 bridgehead atoms. The summed E-state index contributed by atoms with van der Waals surface area (Å²) < 4.78 is 3.50. The summed E-state index contributed by atoms with van der Waals surface area (Å²) in [6, 6.07) is 20.5. The number of rotatable bonds is 7. The molecule has 0 aliphatic rings. The highest BCUT2D eigenvalue weighted by molar-refractivity contribution is 7.99. The number of carbonyl (C=O) groups is 2. The van der Waals surface area contributed by atoms with Crippen molar-refractivity contribution in [2.24, 2.45) is 0 Å². The van der Waals surface area contributed by atoms with Gasteiger partial charge in [0.15, 0.2) is 10.9 Å². The molecule has 1 N–H and O–H groups in total. The lowest BCUT2D eigenvalue weighted by Crippen LogP contribution is -2.25. The first-order chi connectivity index (χ1) is 15.0. The fourth-order valence-electron chi connectivity index (χ4n) is 3.27. The van der Waals surface area contributed by atoms with Crippen molar-refractivity contribution in [3.05, 3.63) is 95.6 Å². The van der Waals surface area contributed by atoms with Gasteiger partial charge in [0.25, 0.3) is 5.91 Å². The summed E-state index contributed by atoms with van der Waals surface area (Å²) in [5, 5.41) is 8.76. The van der Waals surface area contributed by atoms with Gasteiger partial charge in [-0.25, -0.2) is 0 Å². The van der Waals surface area contributed by atoms with Crippen LogP contribution in [0.2, 0.25) is 0 Å². The fraction of sp³-hybridized carbons (Fsp3) is 0.130. The van der Waals surface area contributed by atoms with Gasteiger partial charge in [0.1, 0.15) is 6.33 Å². The lowest BCUT2D eigenvalue weighted by atomic mass is 10.2. The largest absolute Gasteiger partial charge is 0.293 e. The van der Waals surface area contributed by atoms with E-state index in [1.807, 2.05) is 66.9 Å². The quantitative estimate of drug-likeness (QED) is 0.353. The number of nitrogens with one attached hydrogen (secondary N) is 1. The van der Waals surface area contributed by atoms with Crippen molar-refractivity contribution in [1.29, 1.82) is 0 Å². The molecule has 0 saturated carbocycles. The number of aryl methyl sites for hydroxylation is 1. The lowest BCUT2D eigenvalue weighted by molar-refractivity contribution is 0.0999. The zero-order valence-corrected chi connectivity index (χ0v) is 18.0. The number of Topliss-reactive ketones (excluding diaryl/α,β-unsaturated/α-hetero) is 1. The minimum Gasteiger partial charge on any atom is -0.293 e. The Morgan fingerprint density at radius 1 is 1.00 bits per heavy atom. The number of hydrogen-bond acceptors (Lipinski definition) is 5. The average Bonchev–Trinajstić information content (AvgIpc) is 3.38. The molecule has 0 saturated heterocycles. The van der Waals surface area contributed by atoms with Gasteiger partial charge in [0, 0.05) is 28.2 Å². The standard InChI is InChI=1S/C23H21N5O2S/c1-16-13-20(17(2)28(16)26-22(30)18-9-5-3-6-10-18)21(29)14-31-23-25-24-15-27(23)19-11-7-4-8-12-19/h3-13,15H,14H2,1-2H3,(H,26,30). The van der Waals surface area contributed by atoms with Crippen LogP contribution in [0.3, 0.4) is 0 Å². The highest BCUT2D eigenvalue weighted by Crippen LogP contribution is 2.22. The molecule has 2 heterocycles. The van der Waals surface area contributed by atoms with Crippen LogP contribution in [0.25, 0.3) is 5.69 Å². The third kappa shape index (κ3) is 4.44. The van der Waals surface area contributed by atoms with E-state index in [-0.39, 0.29) is 17.4 Å². The van der Waals surface area contributed by atoms with E-state index in [1.54, 1.807) is 29.2 Å². The Balaban J connectivity index is 1.47. The first-order valence-corrected chi connectivity index (χ1v) is 10.7. The number of nitrogens with zero attached hydrogens (tertiary/aromatic N) is 4. The van der Waals surface area contributed by atoms with Gasteiger partial charge < -0.3 is 0 Å². The third-order valence-electron chi connectivity index (χ3n) is 4.86. The number of carbonyl (C=O) groups excluding carboxylic acids is 2. The van der Waals surface area contributed by atoms with Crippen molar-refractivity contribution >= 4 is 23.5 Å². The molecule has 0 aliphatic carbocycles. The second-order valence-corrected chi connectivity index (χ2v) is 7.90. The van der Waals surface area contributed by atoms with Crippen LogP contribution in [-0.2, 0) is 0 Å². The SMILES string of the molecule is Cc1cc(C(=O)CSc2nncn2-c2ccccc2)c(C)n1NC(=O)c1ccccc1. The smallest absolute Gasteiger partial charge is 0.270 e. The summed E-state index contributed by atoms with van der Waals surface area (Å²) in [4.78, 5) is 25.4. The van der Waals surface area contributed by atoms with Crippen molar-refractivity contribution < 1.29 is 9.59 Å². The van der Waals surface area contributed by atoms with E-state index in [0.717, 1.165) is 11.4 Å². The Morgan fingerprint density at radius 3 is 2.39 bits per heavy atom. The van der Waals surface area contributed by atoms with Gasteiger partial charge in [-0.1, -0.05) is 48.2 Å². The molecule has 7 nitrogen and oxygen atoms in total. The minimum absolute atomic E-state index is 0.0408. The van der Waals surface area contributed by atoms with Crippen LogP contribution in [0.4, 0.5) is 0 Å².